The van der Waals surface area contributed by atoms with E-state index < -0.39 is 0 Å². The number of aromatic hydroxyl groups is 1. The van der Waals surface area contributed by atoms with Gasteiger partial charge in [0.15, 0.2) is 5.96 Å². The summed E-state index contributed by atoms with van der Waals surface area (Å²) in [5.74, 6) is 2.17. The van der Waals surface area contributed by atoms with Crippen LogP contribution in [0.5, 0.6) is 5.75 Å². The summed E-state index contributed by atoms with van der Waals surface area (Å²) in [5.41, 5.74) is 2.05. The lowest BCUT2D eigenvalue weighted by Crippen LogP contribution is -2.48. The lowest BCUT2D eigenvalue weighted by atomic mass is 10.1. The van der Waals surface area contributed by atoms with Crippen LogP contribution in [-0.4, -0.2) is 41.7 Å². The van der Waals surface area contributed by atoms with Crippen molar-refractivity contribution in [3.8, 4) is 5.75 Å². The minimum atomic E-state index is 0.276. The smallest absolute Gasteiger partial charge is 0.191 e. The fraction of sp³-hybridized carbons (Fsp3) is 0.429. The highest BCUT2D eigenvalue weighted by Gasteiger charge is 2.20. The third-order valence-corrected chi connectivity index (χ3v) is 4.71. The SMILES string of the molecule is CCNC(=NCc1cccc(O)c1)NC1CCN(c2cccc(C)n2)CC1. The normalized spacial score (nSPS) is 15.6. The van der Waals surface area contributed by atoms with Crippen molar-refractivity contribution >= 4 is 11.8 Å². The van der Waals surface area contributed by atoms with Gasteiger partial charge in [-0.3, -0.25) is 0 Å². The molecule has 0 unspecified atom stereocenters. The van der Waals surface area contributed by atoms with E-state index in [4.69, 9.17) is 0 Å². The fourth-order valence-corrected chi connectivity index (χ4v) is 3.30. The molecule has 3 N–H and O–H groups in total. The molecule has 1 aromatic heterocycles. The van der Waals surface area contributed by atoms with E-state index in [9.17, 15) is 5.11 Å². The topological polar surface area (TPSA) is 72.8 Å². The second-order valence-corrected chi connectivity index (χ2v) is 6.91. The largest absolute Gasteiger partial charge is 0.508 e. The monoisotopic (exact) mass is 367 g/mol. The number of nitrogens with one attached hydrogen (secondary N) is 2. The van der Waals surface area contributed by atoms with Crippen LogP contribution >= 0.6 is 0 Å². The first-order valence-electron chi connectivity index (χ1n) is 9.65. The zero-order valence-electron chi connectivity index (χ0n) is 16.2. The van der Waals surface area contributed by atoms with Gasteiger partial charge in [0.1, 0.15) is 11.6 Å². The number of aromatic nitrogens is 1. The van der Waals surface area contributed by atoms with Gasteiger partial charge in [0.25, 0.3) is 0 Å². The molecule has 0 saturated carbocycles. The lowest BCUT2D eigenvalue weighted by Gasteiger charge is -2.34. The second kappa shape index (κ2) is 9.26. The summed E-state index contributed by atoms with van der Waals surface area (Å²) in [4.78, 5) is 11.6. The van der Waals surface area contributed by atoms with E-state index in [-0.39, 0.29) is 5.75 Å². The lowest BCUT2D eigenvalue weighted by molar-refractivity contribution is 0.459. The van der Waals surface area contributed by atoms with Crippen LogP contribution in [0.2, 0.25) is 0 Å². The molecule has 6 nitrogen and oxygen atoms in total. The van der Waals surface area contributed by atoms with E-state index in [0.29, 0.717) is 12.6 Å². The summed E-state index contributed by atoms with van der Waals surface area (Å²) in [6.45, 7) is 7.43. The van der Waals surface area contributed by atoms with Crippen LogP contribution in [0.25, 0.3) is 0 Å². The van der Waals surface area contributed by atoms with Crippen molar-refractivity contribution < 1.29 is 5.11 Å². The number of anilines is 1. The van der Waals surface area contributed by atoms with Crippen LogP contribution in [0.4, 0.5) is 5.82 Å². The van der Waals surface area contributed by atoms with Crippen LogP contribution in [-0.2, 0) is 6.54 Å². The number of nitrogens with zero attached hydrogens (tertiary/aromatic N) is 3. The van der Waals surface area contributed by atoms with Gasteiger partial charge in [0, 0.05) is 31.4 Å². The molecule has 2 aromatic rings. The van der Waals surface area contributed by atoms with Gasteiger partial charge in [-0.25, -0.2) is 9.98 Å². The van der Waals surface area contributed by atoms with Crippen LogP contribution in [0.1, 0.15) is 31.0 Å². The number of hydrogen-bond acceptors (Lipinski definition) is 4. The predicted octanol–water partition coefficient (Wildman–Crippen LogP) is 2.82. The maximum Gasteiger partial charge on any atom is 0.191 e. The number of phenols is 1. The van der Waals surface area contributed by atoms with E-state index in [1.54, 1.807) is 12.1 Å². The standard InChI is InChI=1S/C21H29N5O/c1-3-22-21(23-15-17-7-5-8-19(27)14-17)25-18-10-12-26(13-11-18)20-9-4-6-16(2)24-20/h4-9,14,18,27H,3,10-13,15H2,1-2H3,(H2,22,23,25). The second-order valence-electron chi connectivity index (χ2n) is 6.91. The molecule has 1 aromatic carbocycles. The number of benzene rings is 1. The Bertz CT molecular complexity index is 769. The average Bonchev–Trinajstić information content (AvgIpc) is 2.67. The number of phenolic OH excluding ortho intramolecular Hbond substituents is 1. The summed E-state index contributed by atoms with van der Waals surface area (Å²) in [5, 5.41) is 16.5. The van der Waals surface area contributed by atoms with Gasteiger partial charge in [-0.1, -0.05) is 18.2 Å². The first-order chi connectivity index (χ1) is 13.1. The van der Waals surface area contributed by atoms with Crippen molar-refractivity contribution in [3.05, 3.63) is 53.7 Å². The number of hydrogen-bond donors (Lipinski definition) is 3. The van der Waals surface area contributed by atoms with Crippen LogP contribution in [0.15, 0.2) is 47.5 Å². The molecular formula is C21H29N5O. The number of aliphatic imine (C=N–C) groups is 1. The molecule has 3 rings (SSSR count). The average molecular weight is 367 g/mol. The Hall–Kier alpha value is -2.76. The Kier molecular flexibility index (Phi) is 6.52. The molecular weight excluding hydrogens is 338 g/mol. The van der Waals surface area contributed by atoms with E-state index in [0.717, 1.165) is 55.5 Å². The zero-order chi connectivity index (χ0) is 19.1. The molecule has 1 aliphatic rings. The highest BCUT2D eigenvalue weighted by atomic mass is 16.3. The molecule has 2 heterocycles. The summed E-state index contributed by atoms with van der Waals surface area (Å²) in [6.07, 6.45) is 2.10. The molecule has 0 aliphatic carbocycles. The Morgan fingerprint density at radius 2 is 2.00 bits per heavy atom. The van der Waals surface area contributed by atoms with E-state index >= 15 is 0 Å². The quantitative estimate of drug-likeness (QED) is 0.560. The minimum Gasteiger partial charge on any atom is -0.508 e. The minimum absolute atomic E-state index is 0.276. The third-order valence-electron chi connectivity index (χ3n) is 4.71. The summed E-state index contributed by atoms with van der Waals surface area (Å²) >= 11 is 0. The van der Waals surface area contributed by atoms with Crippen LogP contribution in [0, 0.1) is 6.92 Å². The highest BCUT2D eigenvalue weighted by Crippen LogP contribution is 2.18. The van der Waals surface area contributed by atoms with Crippen molar-refractivity contribution in [2.75, 3.05) is 24.5 Å². The molecule has 144 valence electrons. The molecule has 1 aliphatic heterocycles. The fourth-order valence-electron chi connectivity index (χ4n) is 3.30. The summed E-state index contributed by atoms with van der Waals surface area (Å²) < 4.78 is 0. The number of piperidine rings is 1. The van der Waals surface area contributed by atoms with Gasteiger partial charge in [-0.05, 0) is 56.5 Å². The number of rotatable bonds is 5. The zero-order valence-corrected chi connectivity index (χ0v) is 16.2. The van der Waals surface area contributed by atoms with Gasteiger partial charge in [-0.2, -0.15) is 0 Å². The van der Waals surface area contributed by atoms with Gasteiger partial charge in [0.2, 0.25) is 0 Å². The van der Waals surface area contributed by atoms with Gasteiger partial charge in [0.05, 0.1) is 6.54 Å². The number of pyridine rings is 1. The first kappa shape index (κ1) is 19.0. The van der Waals surface area contributed by atoms with E-state index in [2.05, 4.69) is 44.6 Å². The van der Waals surface area contributed by atoms with Crippen LogP contribution in [0.3, 0.4) is 0 Å². The van der Waals surface area contributed by atoms with Gasteiger partial charge >= 0.3 is 0 Å². The Balaban J connectivity index is 1.55. The van der Waals surface area contributed by atoms with E-state index in [1.165, 1.54) is 0 Å². The van der Waals surface area contributed by atoms with Crippen molar-refractivity contribution in [1.29, 1.82) is 0 Å². The Morgan fingerprint density at radius 1 is 1.22 bits per heavy atom. The highest BCUT2D eigenvalue weighted by molar-refractivity contribution is 5.80. The maximum atomic E-state index is 9.59. The van der Waals surface area contributed by atoms with Crippen molar-refractivity contribution in [2.24, 2.45) is 4.99 Å². The molecule has 27 heavy (non-hydrogen) atoms. The summed E-state index contributed by atoms with van der Waals surface area (Å²) in [6, 6.07) is 13.8. The molecule has 6 heteroatoms. The van der Waals surface area contributed by atoms with Crippen LogP contribution < -0.4 is 15.5 Å². The summed E-state index contributed by atoms with van der Waals surface area (Å²) in [7, 11) is 0. The molecule has 0 atom stereocenters. The van der Waals surface area contributed by atoms with Crippen molar-refractivity contribution in [2.45, 2.75) is 39.3 Å². The molecule has 1 fully saturated rings. The molecule has 1 saturated heterocycles. The van der Waals surface area contributed by atoms with Crippen molar-refractivity contribution in [3.63, 3.8) is 0 Å². The number of guanidine groups is 1. The third kappa shape index (κ3) is 5.61. The van der Waals surface area contributed by atoms with E-state index in [1.807, 2.05) is 25.1 Å². The maximum absolute atomic E-state index is 9.59. The number of aryl methyl sites for hydroxylation is 1. The molecule has 0 bridgehead atoms. The Labute approximate surface area is 161 Å². The molecule has 0 radical (unpaired) electrons. The predicted molar refractivity (Wildman–Crippen MR) is 110 cm³/mol. The molecule has 0 amide bonds. The Morgan fingerprint density at radius 3 is 2.70 bits per heavy atom. The molecule has 0 spiro atoms. The van der Waals surface area contributed by atoms with Crippen molar-refractivity contribution in [1.82, 2.24) is 15.6 Å². The first-order valence-corrected chi connectivity index (χ1v) is 9.65. The van der Waals surface area contributed by atoms with Gasteiger partial charge in [-0.15, -0.1) is 0 Å². The van der Waals surface area contributed by atoms with Gasteiger partial charge < -0.3 is 20.6 Å².